The summed E-state index contributed by atoms with van der Waals surface area (Å²) >= 11 is 6.17. The Morgan fingerprint density at radius 2 is 2.09 bits per heavy atom. The zero-order valence-corrected chi connectivity index (χ0v) is 13.2. The fraction of sp³-hybridized carbons (Fsp3) is 0.312. The number of aromatic amines is 1. The second kappa shape index (κ2) is 6.42. The maximum atomic E-state index is 12.4. The minimum Gasteiger partial charge on any atom is -0.338 e. The van der Waals surface area contributed by atoms with E-state index in [2.05, 4.69) is 4.98 Å². The third-order valence-corrected chi connectivity index (χ3v) is 4.38. The fourth-order valence-electron chi connectivity index (χ4n) is 2.77. The van der Waals surface area contributed by atoms with Gasteiger partial charge in [-0.15, -0.1) is 0 Å². The topological polar surface area (TPSA) is 75.2 Å². The van der Waals surface area contributed by atoms with Crippen molar-refractivity contribution in [1.29, 1.82) is 0 Å². The molecule has 2 aromatic rings. The van der Waals surface area contributed by atoms with Crippen molar-refractivity contribution in [3.05, 3.63) is 67.4 Å². The highest BCUT2D eigenvalue weighted by Crippen LogP contribution is 2.26. The maximum Gasteiger partial charge on any atom is 0.328 e. The van der Waals surface area contributed by atoms with Gasteiger partial charge in [-0.25, -0.2) is 4.79 Å². The number of carbonyl (C=O) groups excluding carboxylic acids is 1. The van der Waals surface area contributed by atoms with Gasteiger partial charge in [-0.3, -0.25) is 14.6 Å². The van der Waals surface area contributed by atoms with E-state index in [9.17, 15) is 14.4 Å². The summed E-state index contributed by atoms with van der Waals surface area (Å²) in [5, 5.41) is 0.745. The molecule has 120 valence electrons. The van der Waals surface area contributed by atoms with E-state index in [0.717, 1.165) is 22.6 Å². The van der Waals surface area contributed by atoms with Gasteiger partial charge in [-0.05, 0) is 23.6 Å². The molecule has 6 nitrogen and oxygen atoms in total. The Labute approximate surface area is 137 Å². The number of hydrogen-bond donors (Lipinski definition) is 1. The maximum absolute atomic E-state index is 12.4. The molecule has 23 heavy (non-hydrogen) atoms. The fourth-order valence-corrected chi connectivity index (χ4v) is 3.06. The zero-order valence-electron chi connectivity index (χ0n) is 12.4. The Kier molecular flexibility index (Phi) is 4.34. The molecular weight excluding hydrogens is 318 g/mol. The molecule has 7 heteroatoms. The molecular formula is C16H16ClN3O3. The van der Waals surface area contributed by atoms with E-state index in [1.807, 2.05) is 18.2 Å². The second-order valence-electron chi connectivity index (χ2n) is 5.50. The molecule has 0 saturated heterocycles. The minimum atomic E-state index is -0.499. The molecule has 1 aliphatic rings. The van der Waals surface area contributed by atoms with Crippen LogP contribution < -0.4 is 11.2 Å². The highest BCUT2D eigenvalue weighted by molar-refractivity contribution is 6.31. The molecule has 0 fully saturated rings. The third-order valence-electron chi connectivity index (χ3n) is 4.02. The van der Waals surface area contributed by atoms with Crippen LogP contribution in [0.4, 0.5) is 0 Å². The molecule has 0 aliphatic carbocycles. The molecule has 0 unspecified atom stereocenters. The molecule has 0 spiro atoms. The number of H-pyrrole nitrogens is 1. The number of fused-ring (bicyclic) bond motifs is 1. The van der Waals surface area contributed by atoms with Crippen LogP contribution in [0.15, 0.2) is 40.1 Å². The van der Waals surface area contributed by atoms with Crippen molar-refractivity contribution in [2.45, 2.75) is 25.9 Å². The Balaban J connectivity index is 1.65. The first-order chi connectivity index (χ1) is 11.0. The monoisotopic (exact) mass is 333 g/mol. The van der Waals surface area contributed by atoms with Gasteiger partial charge < -0.3 is 9.47 Å². The van der Waals surface area contributed by atoms with Crippen LogP contribution in [0.3, 0.4) is 0 Å². The molecule has 0 radical (unpaired) electrons. The molecule has 1 N–H and O–H groups in total. The molecule has 1 amide bonds. The van der Waals surface area contributed by atoms with E-state index >= 15 is 0 Å². The van der Waals surface area contributed by atoms with Crippen molar-refractivity contribution in [2.24, 2.45) is 0 Å². The molecule has 2 heterocycles. The number of benzene rings is 1. The predicted octanol–water partition coefficient (Wildman–Crippen LogP) is 1.17. The second-order valence-corrected chi connectivity index (χ2v) is 5.90. The number of nitrogens with zero attached hydrogens (tertiary/aromatic N) is 2. The Morgan fingerprint density at radius 3 is 2.87 bits per heavy atom. The van der Waals surface area contributed by atoms with E-state index in [0.29, 0.717) is 13.1 Å². The van der Waals surface area contributed by atoms with Crippen molar-refractivity contribution in [1.82, 2.24) is 14.5 Å². The summed E-state index contributed by atoms with van der Waals surface area (Å²) in [5.74, 6) is -0.0197. The van der Waals surface area contributed by atoms with Gasteiger partial charge in [0.15, 0.2) is 0 Å². The van der Waals surface area contributed by atoms with Gasteiger partial charge in [0.1, 0.15) is 0 Å². The number of halogens is 1. The minimum absolute atomic E-state index is 0.0197. The summed E-state index contributed by atoms with van der Waals surface area (Å²) < 4.78 is 1.33. The van der Waals surface area contributed by atoms with Crippen LogP contribution in [0, 0.1) is 0 Å². The van der Waals surface area contributed by atoms with Crippen LogP contribution >= 0.6 is 11.6 Å². The van der Waals surface area contributed by atoms with Gasteiger partial charge in [-0.2, -0.15) is 0 Å². The lowest BCUT2D eigenvalue weighted by molar-refractivity contribution is -0.132. The molecule has 0 atom stereocenters. The highest BCUT2D eigenvalue weighted by Gasteiger charge is 2.21. The summed E-state index contributed by atoms with van der Waals surface area (Å²) in [5.41, 5.74) is 1.23. The standard InChI is InChI=1S/C16H16ClN3O3/c17-13-3-1-2-11-10-20(7-4-12(11)13)15(22)6-9-19-8-5-14(21)18-16(19)23/h1-3,5,8H,4,6-7,9-10H2,(H,18,21,23). The number of aryl methyl sites for hydroxylation is 1. The molecule has 1 aliphatic heterocycles. The van der Waals surface area contributed by atoms with E-state index in [4.69, 9.17) is 11.6 Å². The lowest BCUT2D eigenvalue weighted by atomic mass is 9.99. The van der Waals surface area contributed by atoms with Crippen molar-refractivity contribution >= 4 is 17.5 Å². The van der Waals surface area contributed by atoms with Crippen molar-refractivity contribution in [3.63, 3.8) is 0 Å². The summed E-state index contributed by atoms with van der Waals surface area (Å²) in [6.07, 6.45) is 2.35. The van der Waals surface area contributed by atoms with Crippen LogP contribution in [-0.2, 0) is 24.3 Å². The van der Waals surface area contributed by atoms with Gasteiger partial charge in [0.05, 0.1) is 0 Å². The molecule has 3 rings (SSSR count). The molecule has 0 bridgehead atoms. The first-order valence-corrected chi connectivity index (χ1v) is 7.76. The molecule has 1 aromatic carbocycles. The summed E-state index contributed by atoms with van der Waals surface area (Å²) in [7, 11) is 0. The third kappa shape index (κ3) is 3.37. The first-order valence-electron chi connectivity index (χ1n) is 7.38. The van der Waals surface area contributed by atoms with Crippen molar-refractivity contribution < 1.29 is 4.79 Å². The first kappa shape index (κ1) is 15.6. The Bertz CT molecular complexity index is 856. The van der Waals surface area contributed by atoms with Gasteiger partial charge >= 0.3 is 5.69 Å². The predicted molar refractivity (Wildman–Crippen MR) is 86.5 cm³/mol. The quantitative estimate of drug-likeness (QED) is 0.916. The molecule has 0 saturated carbocycles. The lowest BCUT2D eigenvalue weighted by Gasteiger charge is -2.29. The summed E-state index contributed by atoms with van der Waals surface area (Å²) in [6.45, 7) is 1.40. The summed E-state index contributed by atoms with van der Waals surface area (Å²) in [6, 6.07) is 6.99. The number of rotatable bonds is 3. The van der Waals surface area contributed by atoms with Crippen LogP contribution in [0.2, 0.25) is 5.02 Å². The largest absolute Gasteiger partial charge is 0.338 e. The summed E-state index contributed by atoms with van der Waals surface area (Å²) in [4.78, 5) is 38.9. The molecule has 1 aromatic heterocycles. The van der Waals surface area contributed by atoms with Crippen molar-refractivity contribution in [2.75, 3.05) is 6.54 Å². The number of carbonyl (C=O) groups is 1. The van der Waals surface area contributed by atoms with Crippen LogP contribution in [-0.4, -0.2) is 26.9 Å². The average Bonchev–Trinajstić information content (AvgIpc) is 2.53. The smallest absolute Gasteiger partial charge is 0.328 e. The van der Waals surface area contributed by atoms with Crippen molar-refractivity contribution in [3.8, 4) is 0 Å². The zero-order chi connectivity index (χ0) is 16.4. The number of hydrogen-bond acceptors (Lipinski definition) is 3. The van der Waals surface area contributed by atoms with Crippen LogP contribution in [0.25, 0.3) is 0 Å². The number of aromatic nitrogens is 2. The average molecular weight is 334 g/mol. The van der Waals surface area contributed by atoms with Gasteiger partial charge in [-0.1, -0.05) is 23.7 Å². The number of amides is 1. The van der Waals surface area contributed by atoms with E-state index in [1.54, 1.807) is 4.90 Å². The Morgan fingerprint density at radius 1 is 1.26 bits per heavy atom. The van der Waals surface area contributed by atoms with E-state index in [1.165, 1.54) is 16.8 Å². The van der Waals surface area contributed by atoms with Crippen LogP contribution in [0.5, 0.6) is 0 Å². The van der Waals surface area contributed by atoms with Crippen LogP contribution in [0.1, 0.15) is 17.5 Å². The van der Waals surface area contributed by atoms with Gasteiger partial charge in [0, 0.05) is 43.3 Å². The Hall–Kier alpha value is -2.34. The number of nitrogens with one attached hydrogen (secondary N) is 1. The normalized spacial score (nSPS) is 13.7. The van der Waals surface area contributed by atoms with Gasteiger partial charge in [0.25, 0.3) is 5.56 Å². The van der Waals surface area contributed by atoms with E-state index in [-0.39, 0.29) is 18.9 Å². The van der Waals surface area contributed by atoms with Gasteiger partial charge in [0.2, 0.25) is 5.91 Å². The lowest BCUT2D eigenvalue weighted by Crippen LogP contribution is -2.37. The SMILES string of the molecule is O=C(CCn1ccc(=O)[nH]c1=O)N1CCc2c(Cl)cccc2C1. The highest BCUT2D eigenvalue weighted by atomic mass is 35.5. The van der Waals surface area contributed by atoms with E-state index < -0.39 is 11.2 Å².